The molecule has 1 aliphatic heterocycles. The summed E-state index contributed by atoms with van der Waals surface area (Å²) in [4.78, 5) is 14.3. The smallest absolute Gasteiger partial charge is 0.335 e. The van der Waals surface area contributed by atoms with E-state index in [1.807, 2.05) is 0 Å². The maximum absolute atomic E-state index is 12.2. The Morgan fingerprint density at radius 2 is 1.96 bits per heavy atom. The lowest BCUT2D eigenvalue weighted by Crippen LogP contribution is -2.43. The van der Waals surface area contributed by atoms with Crippen LogP contribution in [0.4, 0.5) is 17.2 Å². The second-order valence-electron chi connectivity index (χ2n) is 6.03. The van der Waals surface area contributed by atoms with Gasteiger partial charge in [0.25, 0.3) is 0 Å². The van der Waals surface area contributed by atoms with Gasteiger partial charge >= 0.3 is 5.69 Å². The second-order valence-corrected chi connectivity index (χ2v) is 8.65. The monoisotopic (exact) mass is 375 g/mol. The predicted molar refractivity (Wildman–Crippen MR) is 90.5 cm³/mol. The molecule has 1 aromatic heterocycles. The number of nitrogens with two attached hydrogens (primary N) is 1. The van der Waals surface area contributed by atoms with Crippen LogP contribution in [0, 0.1) is 10.1 Å². The third-order valence-corrected chi connectivity index (χ3v) is 7.01. The molecular weight excluding hydrogens is 358 g/mol. The van der Waals surface area contributed by atoms with Crippen molar-refractivity contribution in [3.63, 3.8) is 0 Å². The minimum absolute atomic E-state index is 0.115. The summed E-state index contributed by atoms with van der Waals surface area (Å²) in [5.74, 6) is -0.208. The van der Waals surface area contributed by atoms with Crippen molar-refractivity contribution >= 4 is 38.8 Å². The van der Waals surface area contributed by atoms with Gasteiger partial charge in [-0.25, -0.2) is 17.7 Å². The third-order valence-electron chi connectivity index (χ3n) is 4.33. The van der Waals surface area contributed by atoms with E-state index in [1.54, 1.807) is 0 Å². The average molecular weight is 376 g/mol. The highest BCUT2D eigenvalue weighted by atomic mass is 35.5. The van der Waals surface area contributed by atoms with Crippen molar-refractivity contribution in [2.75, 3.05) is 24.1 Å². The van der Waals surface area contributed by atoms with Crippen LogP contribution in [-0.2, 0) is 10.0 Å². The summed E-state index contributed by atoms with van der Waals surface area (Å²) in [7, 11) is -3.18. The second kappa shape index (κ2) is 6.34. The minimum Gasteiger partial charge on any atom is -0.378 e. The normalized spacial score (nSPS) is 20.0. The number of pyridine rings is 1. The van der Waals surface area contributed by atoms with Crippen molar-refractivity contribution in [1.82, 2.24) is 9.29 Å². The summed E-state index contributed by atoms with van der Waals surface area (Å²) in [6.07, 6.45) is 3.82. The lowest BCUT2D eigenvalue weighted by molar-refractivity contribution is -0.383. The standard InChI is InChI=1S/C13H18ClN5O4S/c14-10-7-16-13(15)12(19(20)21)11(10)17-8-3-5-18(6-4-8)24(22,23)9-1-2-9/h7-9H,1-6H2,(H3,15,16,17). The SMILES string of the molecule is Nc1ncc(Cl)c(NC2CCN(S(=O)(=O)C3CC3)CC2)c1[N+](=O)[O-]. The van der Waals surface area contributed by atoms with Gasteiger partial charge in [-0.15, -0.1) is 0 Å². The van der Waals surface area contributed by atoms with Gasteiger partial charge in [0.1, 0.15) is 5.69 Å². The molecular formula is C13H18ClN5O4S. The van der Waals surface area contributed by atoms with E-state index in [9.17, 15) is 18.5 Å². The van der Waals surface area contributed by atoms with E-state index in [0.29, 0.717) is 25.9 Å². The summed E-state index contributed by atoms with van der Waals surface area (Å²) in [6, 6.07) is -0.117. The first kappa shape index (κ1) is 17.2. The fourth-order valence-electron chi connectivity index (χ4n) is 2.85. The van der Waals surface area contributed by atoms with E-state index >= 15 is 0 Å². The Labute approximate surface area is 144 Å². The zero-order chi connectivity index (χ0) is 17.5. The van der Waals surface area contributed by atoms with Gasteiger partial charge < -0.3 is 11.1 Å². The molecule has 1 saturated carbocycles. The number of aromatic nitrogens is 1. The number of sulfonamides is 1. The summed E-state index contributed by atoms with van der Waals surface area (Å²) in [5.41, 5.74) is 5.36. The summed E-state index contributed by atoms with van der Waals surface area (Å²) >= 11 is 6.02. The van der Waals surface area contributed by atoms with Gasteiger partial charge in [-0.3, -0.25) is 10.1 Å². The Balaban J connectivity index is 1.71. The lowest BCUT2D eigenvalue weighted by Gasteiger charge is -2.32. The minimum atomic E-state index is -3.18. The van der Waals surface area contributed by atoms with Crippen molar-refractivity contribution in [1.29, 1.82) is 0 Å². The summed E-state index contributed by atoms with van der Waals surface area (Å²) in [6.45, 7) is 0.783. The van der Waals surface area contributed by atoms with Gasteiger partial charge in [0.05, 0.1) is 21.4 Å². The fourth-order valence-corrected chi connectivity index (χ4v) is 4.92. The first-order valence-corrected chi connectivity index (χ1v) is 9.52. The van der Waals surface area contributed by atoms with E-state index in [4.69, 9.17) is 17.3 Å². The zero-order valence-electron chi connectivity index (χ0n) is 12.8. The highest BCUT2D eigenvalue weighted by molar-refractivity contribution is 7.90. The van der Waals surface area contributed by atoms with E-state index < -0.39 is 14.9 Å². The molecule has 1 aromatic rings. The molecule has 2 heterocycles. The number of halogens is 1. The maximum atomic E-state index is 12.2. The number of piperidine rings is 1. The van der Waals surface area contributed by atoms with Crippen molar-refractivity contribution < 1.29 is 13.3 Å². The van der Waals surface area contributed by atoms with E-state index in [0.717, 1.165) is 12.8 Å². The largest absolute Gasteiger partial charge is 0.378 e. The Hall–Kier alpha value is -1.65. The molecule has 1 aliphatic carbocycles. The van der Waals surface area contributed by atoms with E-state index in [2.05, 4.69) is 10.3 Å². The molecule has 0 aromatic carbocycles. The molecule has 2 aliphatic rings. The van der Waals surface area contributed by atoms with Crippen LogP contribution in [0.3, 0.4) is 0 Å². The highest BCUT2D eigenvalue weighted by Crippen LogP contribution is 2.37. The number of nitrogens with one attached hydrogen (secondary N) is 1. The molecule has 132 valence electrons. The van der Waals surface area contributed by atoms with Gasteiger partial charge in [0, 0.05) is 19.1 Å². The van der Waals surface area contributed by atoms with E-state index in [-0.39, 0.29) is 33.5 Å². The first-order valence-electron chi connectivity index (χ1n) is 7.64. The molecule has 0 radical (unpaired) electrons. The lowest BCUT2D eigenvalue weighted by atomic mass is 10.1. The van der Waals surface area contributed by atoms with Crippen LogP contribution in [-0.4, -0.2) is 47.0 Å². The van der Waals surface area contributed by atoms with Crippen LogP contribution in [0.2, 0.25) is 5.02 Å². The van der Waals surface area contributed by atoms with Crippen LogP contribution in [0.1, 0.15) is 25.7 Å². The molecule has 0 unspecified atom stereocenters. The molecule has 1 saturated heterocycles. The number of hydrogen-bond acceptors (Lipinski definition) is 7. The number of rotatable bonds is 5. The predicted octanol–water partition coefficient (Wildman–Crippen LogP) is 1.59. The molecule has 24 heavy (non-hydrogen) atoms. The molecule has 2 fully saturated rings. The Bertz CT molecular complexity index is 760. The highest BCUT2D eigenvalue weighted by Gasteiger charge is 2.41. The Morgan fingerprint density at radius 3 is 2.50 bits per heavy atom. The zero-order valence-corrected chi connectivity index (χ0v) is 14.4. The Morgan fingerprint density at radius 1 is 1.33 bits per heavy atom. The number of nitro groups is 1. The van der Waals surface area contributed by atoms with Gasteiger partial charge in [-0.2, -0.15) is 0 Å². The number of anilines is 2. The van der Waals surface area contributed by atoms with Crippen LogP contribution >= 0.6 is 11.6 Å². The van der Waals surface area contributed by atoms with Crippen LogP contribution in [0.5, 0.6) is 0 Å². The molecule has 0 bridgehead atoms. The topological polar surface area (TPSA) is 131 Å². The van der Waals surface area contributed by atoms with Gasteiger partial charge in [0.15, 0.2) is 0 Å². The molecule has 0 amide bonds. The van der Waals surface area contributed by atoms with Gasteiger partial charge in [0.2, 0.25) is 15.8 Å². The molecule has 3 rings (SSSR count). The van der Waals surface area contributed by atoms with Crippen LogP contribution < -0.4 is 11.1 Å². The van der Waals surface area contributed by atoms with E-state index in [1.165, 1.54) is 10.5 Å². The number of hydrogen-bond donors (Lipinski definition) is 2. The van der Waals surface area contributed by atoms with Crippen molar-refractivity contribution in [3.8, 4) is 0 Å². The van der Waals surface area contributed by atoms with Crippen molar-refractivity contribution in [2.24, 2.45) is 0 Å². The number of nitrogen functional groups attached to an aromatic ring is 1. The Kier molecular flexibility index (Phi) is 4.54. The molecule has 0 atom stereocenters. The van der Waals surface area contributed by atoms with Gasteiger partial charge in [-0.1, -0.05) is 11.6 Å². The third kappa shape index (κ3) is 3.26. The molecule has 0 spiro atoms. The first-order chi connectivity index (χ1) is 11.3. The molecule has 11 heteroatoms. The number of nitrogens with zero attached hydrogens (tertiary/aromatic N) is 3. The maximum Gasteiger partial charge on any atom is 0.335 e. The molecule has 9 nitrogen and oxygen atoms in total. The summed E-state index contributed by atoms with van der Waals surface area (Å²) in [5, 5.41) is 14.1. The van der Waals surface area contributed by atoms with Crippen molar-refractivity contribution in [2.45, 2.75) is 37.0 Å². The fraction of sp³-hybridized carbons (Fsp3) is 0.615. The average Bonchev–Trinajstić information content (AvgIpc) is 3.36. The van der Waals surface area contributed by atoms with Gasteiger partial charge in [-0.05, 0) is 25.7 Å². The van der Waals surface area contributed by atoms with Crippen LogP contribution in [0.25, 0.3) is 0 Å². The van der Waals surface area contributed by atoms with Crippen LogP contribution in [0.15, 0.2) is 6.20 Å². The molecule has 3 N–H and O–H groups in total. The van der Waals surface area contributed by atoms with Crippen molar-refractivity contribution in [3.05, 3.63) is 21.3 Å². The quantitative estimate of drug-likeness (QED) is 0.590. The summed E-state index contributed by atoms with van der Waals surface area (Å²) < 4.78 is 26.0.